The molecule has 0 spiro atoms. The normalized spacial score (nSPS) is 10.7. The zero-order chi connectivity index (χ0) is 16.7. The number of hydrogen-bond acceptors (Lipinski definition) is 7. The molecule has 0 bridgehead atoms. The lowest BCUT2D eigenvalue weighted by molar-refractivity contribution is 0.0605. The van der Waals surface area contributed by atoms with E-state index >= 15 is 0 Å². The number of nitrogens with one attached hydrogen (secondary N) is 1. The van der Waals surface area contributed by atoms with Crippen molar-refractivity contribution >= 4 is 28.7 Å². The first-order valence-electron chi connectivity index (χ1n) is 7.21. The Labute approximate surface area is 139 Å². The van der Waals surface area contributed by atoms with Gasteiger partial charge in [-0.05, 0) is 43.2 Å². The van der Waals surface area contributed by atoms with E-state index in [1.807, 2.05) is 24.3 Å². The van der Waals surface area contributed by atoms with Crippen molar-refractivity contribution in [1.29, 1.82) is 0 Å². The van der Waals surface area contributed by atoms with E-state index in [1.165, 1.54) is 18.4 Å². The van der Waals surface area contributed by atoms with Crippen molar-refractivity contribution in [3.05, 3.63) is 40.4 Å². The molecule has 0 aliphatic heterocycles. The van der Waals surface area contributed by atoms with Gasteiger partial charge >= 0.3 is 5.97 Å². The van der Waals surface area contributed by atoms with Crippen LogP contribution in [0, 0.1) is 6.92 Å². The zero-order valence-corrected chi connectivity index (χ0v) is 14.1. The molecule has 1 N–H and O–H groups in total. The third-order valence-electron chi connectivity index (χ3n) is 2.89. The number of rotatable bonds is 7. The Kier molecular flexibility index (Phi) is 6.10. The van der Waals surface area contributed by atoms with Crippen molar-refractivity contribution in [2.75, 3.05) is 19.1 Å². The van der Waals surface area contributed by atoms with Crippen molar-refractivity contribution in [1.82, 2.24) is 4.98 Å². The number of ether oxygens (including phenoxy) is 2. The molecule has 0 aliphatic carbocycles. The van der Waals surface area contributed by atoms with Crippen LogP contribution in [0.2, 0.25) is 0 Å². The Bertz CT molecular complexity index is 680. The molecule has 2 rings (SSSR count). The fraction of sp³-hybridized carbons (Fsp3) is 0.312. The number of benzene rings is 1. The SMILES string of the molecule is CCCOc1ccc(/C=N\Nc2nc(C)c(C(=O)OC)s2)cc1. The summed E-state index contributed by atoms with van der Waals surface area (Å²) in [5, 5.41) is 4.67. The topological polar surface area (TPSA) is 72.8 Å². The highest BCUT2D eigenvalue weighted by Crippen LogP contribution is 2.23. The van der Waals surface area contributed by atoms with Crippen molar-refractivity contribution < 1.29 is 14.3 Å². The number of aryl methyl sites for hydroxylation is 1. The van der Waals surface area contributed by atoms with Crippen molar-refractivity contribution in [3.63, 3.8) is 0 Å². The molecule has 0 unspecified atom stereocenters. The Morgan fingerprint density at radius 3 is 2.78 bits per heavy atom. The van der Waals surface area contributed by atoms with Gasteiger partial charge in [0.25, 0.3) is 0 Å². The predicted molar refractivity (Wildman–Crippen MR) is 91.6 cm³/mol. The molecule has 0 fully saturated rings. The Morgan fingerprint density at radius 2 is 2.13 bits per heavy atom. The highest BCUT2D eigenvalue weighted by atomic mass is 32.1. The molecule has 0 atom stereocenters. The summed E-state index contributed by atoms with van der Waals surface area (Å²) < 4.78 is 10.2. The predicted octanol–water partition coefficient (Wildman–Crippen LogP) is 3.47. The van der Waals surface area contributed by atoms with E-state index in [0.717, 1.165) is 17.7 Å². The number of hydrogen-bond donors (Lipinski definition) is 1. The van der Waals surface area contributed by atoms with Gasteiger partial charge in [-0.25, -0.2) is 9.78 Å². The molecular formula is C16H19N3O3S. The van der Waals surface area contributed by atoms with Crippen molar-refractivity contribution in [2.24, 2.45) is 5.10 Å². The third kappa shape index (κ3) is 4.79. The average molecular weight is 333 g/mol. The molecule has 23 heavy (non-hydrogen) atoms. The fourth-order valence-corrected chi connectivity index (χ4v) is 2.59. The van der Waals surface area contributed by atoms with E-state index < -0.39 is 0 Å². The quantitative estimate of drug-likeness (QED) is 0.477. The lowest BCUT2D eigenvalue weighted by atomic mass is 10.2. The number of hydrazone groups is 1. The minimum Gasteiger partial charge on any atom is -0.494 e. The molecule has 0 aliphatic rings. The minimum absolute atomic E-state index is 0.389. The number of carbonyl (C=O) groups excluding carboxylic acids is 1. The van der Waals surface area contributed by atoms with Crippen LogP contribution in [0.15, 0.2) is 29.4 Å². The van der Waals surface area contributed by atoms with Crippen molar-refractivity contribution in [3.8, 4) is 5.75 Å². The second-order valence-electron chi connectivity index (χ2n) is 4.71. The summed E-state index contributed by atoms with van der Waals surface area (Å²) in [5.41, 5.74) is 4.38. The molecule has 6 nitrogen and oxygen atoms in total. The first-order chi connectivity index (χ1) is 11.1. The van der Waals surface area contributed by atoms with Crippen LogP contribution in [0.25, 0.3) is 0 Å². The number of methoxy groups -OCH3 is 1. The first kappa shape index (κ1) is 17.0. The summed E-state index contributed by atoms with van der Waals surface area (Å²) in [6.45, 7) is 4.53. The number of nitrogens with zero attached hydrogens (tertiary/aromatic N) is 2. The second-order valence-corrected chi connectivity index (χ2v) is 5.71. The molecule has 0 amide bonds. The van der Waals surface area contributed by atoms with Gasteiger partial charge in [0, 0.05) is 0 Å². The van der Waals surface area contributed by atoms with E-state index in [0.29, 0.717) is 22.3 Å². The highest BCUT2D eigenvalue weighted by Gasteiger charge is 2.15. The third-order valence-corrected chi connectivity index (χ3v) is 3.94. The van der Waals surface area contributed by atoms with E-state index in [1.54, 1.807) is 13.1 Å². The van der Waals surface area contributed by atoms with Gasteiger partial charge in [0.2, 0.25) is 5.13 Å². The van der Waals surface area contributed by atoms with Gasteiger partial charge in [-0.2, -0.15) is 5.10 Å². The van der Waals surface area contributed by atoms with Gasteiger partial charge in [0.15, 0.2) is 0 Å². The maximum absolute atomic E-state index is 11.5. The van der Waals surface area contributed by atoms with Crippen LogP contribution in [0.3, 0.4) is 0 Å². The number of aromatic nitrogens is 1. The zero-order valence-electron chi connectivity index (χ0n) is 13.3. The van der Waals surface area contributed by atoms with Crippen LogP contribution in [-0.2, 0) is 4.74 Å². The summed E-state index contributed by atoms with van der Waals surface area (Å²) in [6, 6.07) is 7.64. The summed E-state index contributed by atoms with van der Waals surface area (Å²) in [4.78, 5) is 16.2. The monoisotopic (exact) mass is 333 g/mol. The van der Waals surface area contributed by atoms with Gasteiger partial charge in [-0.1, -0.05) is 18.3 Å². The molecule has 1 heterocycles. The molecular weight excluding hydrogens is 314 g/mol. The van der Waals surface area contributed by atoms with Gasteiger partial charge in [0.05, 0.1) is 25.6 Å². The van der Waals surface area contributed by atoms with E-state index in [2.05, 4.69) is 22.4 Å². The smallest absolute Gasteiger partial charge is 0.350 e. The number of esters is 1. The van der Waals surface area contributed by atoms with Gasteiger partial charge in [-0.3, -0.25) is 5.43 Å². The average Bonchev–Trinajstić information content (AvgIpc) is 2.94. The van der Waals surface area contributed by atoms with Crippen LogP contribution in [-0.4, -0.2) is 30.9 Å². The summed E-state index contributed by atoms with van der Waals surface area (Å²) >= 11 is 1.21. The molecule has 0 saturated heterocycles. The first-order valence-corrected chi connectivity index (χ1v) is 8.03. The molecule has 122 valence electrons. The minimum atomic E-state index is -0.389. The summed E-state index contributed by atoms with van der Waals surface area (Å²) in [6.07, 6.45) is 2.66. The molecule has 1 aromatic heterocycles. The Morgan fingerprint density at radius 1 is 1.39 bits per heavy atom. The fourth-order valence-electron chi connectivity index (χ4n) is 1.76. The van der Waals surface area contributed by atoms with Crippen molar-refractivity contribution in [2.45, 2.75) is 20.3 Å². The molecule has 0 saturated carbocycles. The number of thiazole rings is 1. The number of carbonyl (C=O) groups is 1. The van der Waals surface area contributed by atoms with Gasteiger partial charge in [0.1, 0.15) is 10.6 Å². The van der Waals surface area contributed by atoms with Crippen LogP contribution < -0.4 is 10.2 Å². The van der Waals surface area contributed by atoms with E-state index in [4.69, 9.17) is 9.47 Å². The molecule has 1 aromatic carbocycles. The number of anilines is 1. The molecule has 0 radical (unpaired) electrons. The van der Waals surface area contributed by atoms with E-state index in [9.17, 15) is 4.79 Å². The van der Waals surface area contributed by atoms with E-state index in [-0.39, 0.29) is 5.97 Å². The van der Waals surface area contributed by atoms with Gasteiger partial charge in [-0.15, -0.1) is 0 Å². The standard InChI is InChI=1S/C16H19N3O3S/c1-4-9-22-13-7-5-12(6-8-13)10-17-19-16-18-11(2)14(23-16)15(20)21-3/h5-8,10H,4,9H2,1-3H3,(H,18,19)/b17-10-. The summed E-state index contributed by atoms with van der Waals surface area (Å²) in [7, 11) is 1.35. The van der Waals surface area contributed by atoms with Crippen LogP contribution in [0.5, 0.6) is 5.75 Å². The van der Waals surface area contributed by atoms with Crippen LogP contribution in [0.4, 0.5) is 5.13 Å². The maximum Gasteiger partial charge on any atom is 0.350 e. The van der Waals surface area contributed by atoms with Gasteiger partial charge < -0.3 is 9.47 Å². The lowest BCUT2D eigenvalue weighted by Crippen LogP contribution is -1.99. The van der Waals surface area contributed by atoms with Crippen LogP contribution in [0.1, 0.15) is 34.3 Å². The summed E-state index contributed by atoms with van der Waals surface area (Å²) in [5.74, 6) is 0.454. The Balaban J connectivity index is 1.95. The molecule has 7 heteroatoms. The second kappa shape index (κ2) is 8.28. The highest BCUT2D eigenvalue weighted by molar-refractivity contribution is 7.17. The maximum atomic E-state index is 11.5. The Hall–Kier alpha value is -2.41. The molecule has 2 aromatic rings. The largest absolute Gasteiger partial charge is 0.494 e. The lowest BCUT2D eigenvalue weighted by Gasteiger charge is -2.03. The van der Waals surface area contributed by atoms with Crippen LogP contribution >= 0.6 is 11.3 Å².